The van der Waals surface area contributed by atoms with Gasteiger partial charge in [0.2, 0.25) is 15.9 Å². The third-order valence-corrected chi connectivity index (χ3v) is 6.98. The van der Waals surface area contributed by atoms with Crippen LogP contribution >= 0.6 is 0 Å². The van der Waals surface area contributed by atoms with Crippen molar-refractivity contribution in [1.29, 1.82) is 0 Å². The summed E-state index contributed by atoms with van der Waals surface area (Å²) >= 11 is 0. The molecule has 0 radical (unpaired) electrons. The Hall–Kier alpha value is -1.90. The number of nitrogens with one attached hydrogen (secondary N) is 1. The minimum atomic E-state index is -3.43. The number of benzene rings is 1. The van der Waals surface area contributed by atoms with Gasteiger partial charge in [0.1, 0.15) is 5.69 Å². The second kappa shape index (κ2) is 6.68. The maximum atomic E-state index is 11.7. The van der Waals surface area contributed by atoms with Gasteiger partial charge in [-0.1, -0.05) is 30.9 Å². The molecule has 3 rings (SSSR count). The van der Waals surface area contributed by atoms with Gasteiger partial charge in [0.05, 0.1) is 34.7 Å². The second-order valence-corrected chi connectivity index (χ2v) is 14.3. The quantitative estimate of drug-likeness (QED) is 0.792. The fourth-order valence-corrected chi connectivity index (χ4v) is 5.45. The van der Waals surface area contributed by atoms with Crippen LogP contribution in [0.4, 0.5) is 5.69 Å². The number of fused-ring (bicyclic) bond motifs is 1. The van der Waals surface area contributed by atoms with E-state index in [9.17, 15) is 8.42 Å². The zero-order valence-corrected chi connectivity index (χ0v) is 17.5. The monoisotopic (exact) mass is 392 g/mol. The van der Waals surface area contributed by atoms with Crippen molar-refractivity contribution in [1.82, 2.24) is 4.98 Å². The average Bonchev–Trinajstić information content (AvgIpc) is 2.99. The molecule has 8 heteroatoms. The predicted molar refractivity (Wildman–Crippen MR) is 106 cm³/mol. The van der Waals surface area contributed by atoms with E-state index < -0.39 is 18.1 Å². The van der Waals surface area contributed by atoms with Crippen LogP contribution in [0, 0.1) is 0 Å². The van der Waals surface area contributed by atoms with Crippen molar-refractivity contribution >= 4 is 29.0 Å². The Morgan fingerprint density at radius 3 is 2.50 bits per heavy atom. The van der Waals surface area contributed by atoms with Gasteiger partial charge < -0.3 is 9.47 Å². The predicted octanol–water partition coefficient (Wildman–Crippen LogP) is 2.70. The van der Waals surface area contributed by atoms with Crippen molar-refractivity contribution in [2.45, 2.75) is 32.9 Å². The zero-order chi connectivity index (χ0) is 19.1. The van der Waals surface area contributed by atoms with E-state index in [1.165, 1.54) is 23.4 Å². The number of methoxy groups -OCH3 is 1. The molecule has 0 saturated carbocycles. The number of anilines is 1. The molecule has 1 aromatic heterocycles. The molecule has 6 nitrogen and oxygen atoms in total. The van der Waals surface area contributed by atoms with E-state index in [-0.39, 0.29) is 5.88 Å². The molecule has 140 valence electrons. The summed E-state index contributed by atoms with van der Waals surface area (Å²) in [4.78, 5) is 4.27. The maximum absolute atomic E-state index is 11.7. The molecule has 0 bridgehead atoms. The first kappa shape index (κ1) is 18.9. The summed E-state index contributed by atoms with van der Waals surface area (Å²) in [6.45, 7) is 8.21. The zero-order valence-electron chi connectivity index (χ0n) is 15.7. The van der Waals surface area contributed by atoms with Crippen molar-refractivity contribution < 1.29 is 17.9 Å². The summed E-state index contributed by atoms with van der Waals surface area (Å²) in [6.07, 6.45) is 2.81. The molecule has 0 fully saturated rings. The molecule has 0 atom stereocenters. The highest BCUT2D eigenvalue weighted by atomic mass is 32.2. The molecule has 26 heavy (non-hydrogen) atoms. The van der Waals surface area contributed by atoms with Crippen LogP contribution in [0.25, 0.3) is 11.1 Å². The summed E-state index contributed by atoms with van der Waals surface area (Å²) in [7, 11) is -3.53. The van der Waals surface area contributed by atoms with Gasteiger partial charge in [0, 0.05) is 11.8 Å². The van der Waals surface area contributed by atoms with E-state index in [0.29, 0.717) is 18.9 Å². The van der Waals surface area contributed by atoms with Crippen molar-refractivity contribution in [2.75, 3.05) is 18.1 Å². The Morgan fingerprint density at radius 1 is 1.15 bits per heavy atom. The van der Waals surface area contributed by atoms with E-state index in [2.05, 4.69) is 41.5 Å². The molecular weight excluding hydrogens is 368 g/mol. The molecule has 1 aromatic carbocycles. The van der Waals surface area contributed by atoms with E-state index in [1.54, 1.807) is 12.3 Å². The van der Waals surface area contributed by atoms with Crippen LogP contribution < -0.4 is 14.6 Å². The van der Waals surface area contributed by atoms with Crippen molar-refractivity contribution in [3.8, 4) is 17.0 Å². The van der Waals surface area contributed by atoms with Gasteiger partial charge in [-0.15, -0.1) is 0 Å². The normalized spacial score (nSPS) is 14.2. The molecule has 1 aliphatic rings. The first-order chi connectivity index (χ1) is 12.1. The average molecular weight is 393 g/mol. The first-order valence-corrected chi connectivity index (χ1v) is 13.7. The van der Waals surface area contributed by atoms with Crippen LogP contribution in [0.15, 0.2) is 24.4 Å². The Balaban J connectivity index is 2.14. The highest BCUT2D eigenvalue weighted by Gasteiger charge is 2.26. The molecule has 1 aliphatic heterocycles. The van der Waals surface area contributed by atoms with Gasteiger partial charge in [-0.3, -0.25) is 4.72 Å². The Kier molecular flexibility index (Phi) is 4.85. The lowest BCUT2D eigenvalue weighted by molar-refractivity contribution is 0.135. The third-order valence-electron chi connectivity index (χ3n) is 4.33. The number of hydrogen-bond donors (Lipinski definition) is 1. The Bertz CT molecular complexity index is 952. The molecule has 0 aliphatic carbocycles. The molecule has 0 unspecified atom stereocenters. The standard InChI is InChI=1S/C18H24N2O4SSi/c1-23-18-16(20-25(2,21)22)7-13(9-19-18)12-6-14-10-24-11-15(14)17(8-12)26(3,4)5/h6-9,20H,10-11H2,1-5H3. The van der Waals surface area contributed by atoms with Gasteiger partial charge in [0.15, 0.2) is 0 Å². The molecule has 0 saturated heterocycles. The number of sulfonamides is 1. The SMILES string of the molecule is COc1ncc(-c2cc3c(c([Si](C)(C)C)c2)COC3)cc1NS(C)(=O)=O. The molecule has 2 heterocycles. The summed E-state index contributed by atoms with van der Waals surface area (Å²) in [5.41, 5.74) is 4.69. The van der Waals surface area contributed by atoms with Crippen LogP contribution in [0.5, 0.6) is 5.88 Å². The fraction of sp³-hybridized carbons (Fsp3) is 0.389. The van der Waals surface area contributed by atoms with Crippen LogP contribution in [0.1, 0.15) is 11.1 Å². The van der Waals surface area contributed by atoms with Crippen molar-refractivity contribution in [3.05, 3.63) is 35.5 Å². The van der Waals surface area contributed by atoms with E-state index in [4.69, 9.17) is 9.47 Å². The highest BCUT2D eigenvalue weighted by molar-refractivity contribution is 7.92. The molecule has 0 amide bonds. The summed E-state index contributed by atoms with van der Waals surface area (Å²) < 4.78 is 36.6. The van der Waals surface area contributed by atoms with Crippen LogP contribution in [-0.2, 0) is 28.0 Å². The molecule has 0 spiro atoms. The lowest BCUT2D eigenvalue weighted by atomic mass is 10.0. The number of rotatable bonds is 5. The van der Waals surface area contributed by atoms with Gasteiger partial charge >= 0.3 is 0 Å². The highest BCUT2D eigenvalue weighted by Crippen LogP contribution is 2.31. The number of aromatic nitrogens is 1. The topological polar surface area (TPSA) is 77.5 Å². The number of ether oxygens (including phenoxy) is 2. The smallest absolute Gasteiger partial charge is 0.238 e. The molecular formula is C18H24N2O4SSi. The van der Waals surface area contributed by atoms with E-state index in [0.717, 1.165) is 17.4 Å². The number of pyridine rings is 1. The third kappa shape index (κ3) is 3.92. The summed E-state index contributed by atoms with van der Waals surface area (Å²) in [5.74, 6) is 0.245. The lowest BCUT2D eigenvalue weighted by Gasteiger charge is -2.22. The van der Waals surface area contributed by atoms with Gasteiger partial charge in [0.25, 0.3) is 0 Å². The van der Waals surface area contributed by atoms with Gasteiger partial charge in [-0.05, 0) is 28.8 Å². The minimum absolute atomic E-state index is 0.245. The van der Waals surface area contributed by atoms with Gasteiger partial charge in [-0.2, -0.15) is 0 Å². The number of nitrogens with zero attached hydrogens (tertiary/aromatic N) is 1. The maximum Gasteiger partial charge on any atom is 0.238 e. The number of hydrogen-bond acceptors (Lipinski definition) is 5. The van der Waals surface area contributed by atoms with Crippen LogP contribution in [0.3, 0.4) is 0 Å². The lowest BCUT2D eigenvalue weighted by Crippen LogP contribution is -2.40. The molecule has 1 N–H and O–H groups in total. The van der Waals surface area contributed by atoms with E-state index in [1.807, 2.05) is 0 Å². The second-order valence-electron chi connectivity index (χ2n) is 7.56. The fourth-order valence-electron chi connectivity index (χ4n) is 3.18. The van der Waals surface area contributed by atoms with E-state index >= 15 is 0 Å². The van der Waals surface area contributed by atoms with Crippen LogP contribution in [-0.4, -0.2) is 34.8 Å². The van der Waals surface area contributed by atoms with Gasteiger partial charge in [-0.25, -0.2) is 13.4 Å². The Morgan fingerprint density at radius 2 is 1.88 bits per heavy atom. The largest absolute Gasteiger partial charge is 0.480 e. The van der Waals surface area contributed by atoms with Crippen molar-refractivity contribution in [2.24, 2.45) is 0 Å². The summed E-state index contributed by atoms with van der Waals surface area (Å²) in [6, 6.07) is 6.07. The molecule has 2 aromatic rings. The van der Waals surface area contributed by atoms with Crippen molar-refractivity contribution in [3.63, 3.8) is 0 Å². The minimum Gasteiger partial charge on any atom is -0.480 e. The summed E-state index contributed by atoms with van der Waals surface area (Å²) in [5, 5.41) is 1.37. The van der Waals surface area contributed by atoms with Crippen LogP contribution in [0.2, 0.25) is 19.6 Å². The Labute approximate surface area is 155 Å². The first-order valence-electron chi connectivity index (χ1n) is 8.35.